The molecule has 0 aromatic rings. The molecule has 0 spiro atoms. The molecule has 0 aromatic carbocycles. The lowest BCUT2D eigenvalue weighted by Gasteiger charge is -2.02. The van der Waals surface area contributed by atoms with Crippen LogP contribution in [0.4, 0.5) is 0 Å². The molecule has 0 saturated heterocycles. The lowest BCUT2D eigenvalue weighted by Crippen LogP contribution is -1.96. The molecule has 31 heavy (non-hydrogen) atoms. The molecule has 4 nitrogen and oxygen atoms in total. The summed E-state index contributed by atoms with van der Waals surface area (Å²) in [5.74, 6) is 0. The van der Waals surface area contributed by atoms with E-state index in [2.05, 4.69) is 61.9 Å². The van der Waals surface area contributed by atoms with Gasteiger partial charge < -0.3 is 0 Å². The molecule has 0 fully saturated rings. The minimum atomic E-state index is 1.04. The predicted molar refractivity (Wildman–Crippen MR) is 142 cm³/mol. The Labute approximate surface area is 194 Å². The minimum Gasteiger partial charge on any atom is -0.161 e. The van der Waals surface area contributed by atoms with Gasteiger partial charge in [0.15, 0.2) is 0 Å². The van der Waals surface area contributed by atoms with Crippen molar-refractivity contribution in [3.63, 3.8) is 0 Å². The molecule has 180 valence electrons. The molecule has 4 heteroatoms. The zero-order valence-electron chi connectivity index (χ0n) is 21.8. The molecular weight excluding hydrogens is 380 g/mol. The summed E-state index contributed by atoms with van der Waals surface area (Å²) >= 11 is 0. The van der Waals surface area contributed by atoms with Gasteiger partial charge in [0, 0.05) is 22.8 Å². The number of hydrogen-bond acceptors (Lipinski definition) is 4. The first-order chi connectivity index (χ1) is 15.0. The number of nitrogens with zero attached hydrogens (tertiary/aromatic N) is 4. The van der Waals surface area contributed by atoms with E-state index in [-0.39, 0.29) is 0 Å². The Hall–Kier alpha value is -1.32. The molecular formula is C27H52N4. The van der Waals surface area contributed by atoms with Crippen molar-refractivity contribution in [3.8, 4) is 0 Å². The van der Waals surface area contributed by atoms with Crippen LogP contribution in [0.1, 0.15) is 151 Å². The Morgan fingerprint density at radius 2 is 0.581 bits per heavy atom. The molecule has 0 aromatic heterocycles. The van der Waals surface area contributed by atoms with Gasteiger partial charge in [0.25, 0.3) is 0 Å². The molecule has 0 heterocycles. The lowest BCUT2D eigenvalue weighted by molar-refractivity contribution is 0.642. The summed E-state index contributed by atoms with van der Waals surface area (Å²) in [5, 5.41) is 17.7. The van der Waals surface area contributed by atoms with Crippen LogP contribution in [-0.2, 0) is 0 Å². The number of hydrogen-bond donors (Lipinski definition) is 0. The third-order valence-electron chi connectivity index (χ3n) is 5.64. The largest absolute Gasteiger partial charge is 0.161 e. The SMILES string of the molecule is CCCCCCC/C(C)=N\N=C(\C)CCCCC/C(C)=N\N=C(\C)CCCCCCC. The smallest absolute Gasteiger partial charge is 0.0375 e. The van der Waals surface area contributed by atoms with E-state index in [0.717, 1.165) is 37.1 Å². The van der Waals surface area contributed by atoms with Gasteiger partial charge in [-0.25, -0.2) is 0 Å². The molecule has 0 bridgehead atoms. The Morgan fingerprint density at radius 1 is 0.355 bits per heavy atom. The average Bonchev–Trinajstić information content (AvgIpc) is 2.75. The van der Waals surface area contributed by atoms with Crippen LogP contribution >= 0.6 is 0 Å². The van der Waals surface area contributed by atoms with E-state index in [1.807, 2.05) is 0 Å². The van der Waals surface area contributed by atoms with E-state index in [0.29, 0.717) is 0 Å². The van der Waals surface area contributed by atoms with Crippen molar-refractivity contribution >= 4 is 22.8 Å². The Balaban J connectivity index is 3.90. The van der Waals surface area contributed by atoms with E-state index in [1.54, 1.807) is 0 Å². The second-order valence-corrected chi connectivity index (χ2v) is 9.23. The summed E-state index contributed by atoms with van der Waals surface area (Å²) < 4.78 is 0. The fourth-order valence-corrected chi connectivity index (χ4v) is 3.45. The molecule has 0 rings (SSSR count). The van der Waals surface area contributed by atoms with Gasteiger partial charge in [-0.05, 0) is 79.1 Å². The van der Waals surface area contributed by atoms with Crippen LogP contribution in [0.25, 0.3) is 0 Å². The van der Waals surface area contributed by atoms with Crippen molar-refractivity contribution in [3.05, 3.63) is 0 Å². The third kappa shape index (κ3) is 21.7. The van der Waals surface area contributed by atoms with Crippen molar-refractivity contribution in [1.82, 2.24) is 0 Å². The lowest BCUT2D eigenvalue weighted by atomic mass is 10.1. The molecule has 0 aliphatic carbocycles. The summed E-state index contributed by atoms with van der Waals surface area (Å²) in [6, 6.07) is 0. The number of rotatable bonds is 20. The Morgan fingerprint density at radius 3 is 0.839 bits per heavy atom. The summed E-state index contributed by atoms with van der Waals surface area (Å²) in [6.07, 6.45) is 20.9. The van der Waals surface area contributed by atoms with Gasteiger partial charge in [-0.15, -0.1) is 0 Å². The Bertz CT molecular complexity index is 495. The van der Waals surface area contributed by atoms with Gasteiger partial charge in [-0.1, -0.05) is 71.6 Å². The molecule has 0 amide bonds. The molecule has 0 aliphatic heterocycles. The normalized spacial score (nSPS) is 13.9. The second kappa shape index (κ2) is 21.9. The van der Waals surface area contributed by atoms with Crippen LogP contribution in [-0.4, -0.2) is 22.8 Å². The zero-order valence-corrected chi connectivity index (χ0v) is 21.8. The molecule has 0 radical (unpaired) electrons. The summed E-state index contributed by atoms with van der Waals surface area (Å²) in [6.45, 7) is 12.9. The first-order valence-corrected chi connectivity index (χ1v) is 13.1. The van der Waals surface area contributed by atoms with Crippen LogP contribution in [0.2, 0.25) is 0 Å². The van der Waals surface area contributed by atoms with Crippen LogP contribution in [0.15, 0.2) is 20.4 Å². The maximum atomic E-state index is 4.42. The molecule has 0 N–H and O–H groups in total. The quantitative estimate of drug-likeness (QED) is 0.104. The first kappa shape index (κ1) is 29.7. The summed E-state index contributed by atoms with van der Waals surface area (Å²) in [7, 11) is 0. The van der Waals surface area contributed by atoms with Crippen molar-refractivity contribution in [2.75, 3.05) is 0 Å². The van der Waals surface area contributed by atoms with Crippen molar-refractivity contribution in [1.29, 1.82) is 0 Å². The van der Waals surface area contributed by atoms with Gasteiger partial charge in [0.1, 0.15) is 0 Å². The summed E-state index contributed by atoms with van der Waals surface area (Å²) in [5.41, 5.74) is 4.63. The number of unbranched alkanes of at least 4 members (excludes halogenated alkanes) is 10. The van der Waals surface area contributed by atoms with Gasteiger partial charge in [-0.3, -0.25) is 0 Å². The molecule has 0 unspecified atom stereocenters. The van der Waals surface area contributed by atoms with Gasteiger partial charge in [0.2, 0.25) is 0 Å². The monoisotopic (exact) mass is 432 g/mol. The van der Waals surface area contributed by atoms with Crippen LogP contribution < -0.4 is 0 Å². The molecule has 0 saturated carbocycles. The van der Waals surface area contributed by atoms with Gasteiger partial charge >= 0.3 is 0 Å². The second-order valence-electron chi connectivity index (χ2n) is 9.23. The zero-order chi connectivity index (χ0) is 23.2. The highest BCUT2D eigenvalue weighted by molar-refractivity contribution is 5.86. The van der Waals surface area contributed by atoms with E-state index in [9.17, 15) is 0 Å². The van der Waals surface area contributed by atoms with E-state index in [4.69, 9.17) is 0 Å². The molecule has 0 atom stereocenters. The highest BCUT2D eigenvalue weighted by Crippen LogP contribution is 2.09. The van der Waals surface area contributed by atoms with Gasteiger partial charge in [-0.2, -0.15) is 20.4 Å². The van der Waals surface area contributed by atoms with E-state index < -0.39 is 0 Å². The standard InChI is InChI=1S/C27H52N4/c1-7-9-11-13-16-20-24(3)28-30-26(5)22-18-15-19-23-27(6)31-29-25(4)21-17-14-12-10-8-2/h7-23H2,1-6H3/b28-24-,29-25-,30-26-,31-27-. The maximum absolute atomic E-state index is 4.42. The van der Waals surface area contributed by atoms with E-state index >= 15 is 0 Å². The van der Waals surface area contributed by atoms with Crippen molar-refractivity contribution < 1.29 is 0 Å². The first-order valence-electron chi connectivity index (χ1n) is 13.1. The van der Waals surface area contributed by atoms with Crippen molar-refractivity contribution in [2.45, 2.75) is 151 Å². The highest BCUT2D eigenvalue weighted by atomic mass is 15.2. The maximum Gasteiger partial charge on any atom is 0.0375 e. The Kier molecular flexibility index (Phi) is 21.0. The summed E-state index contributed by atoms with van der Waals surface area (Å²) in [4.78, 5) is 0. The fraction of sp³-hybridized carbons (Fsp3) is 0.852. The average molecular weight is 433 g/mol. The van der Waals surface area contributed by atoms with Crippen LogP contribution in [0.3, 0.4) is 0 Å². The third-order valence-corrected chi connectivity index (χ3v) is 5.64. The van der Waals surface area contributed by atoms with E-state index in [1.165, 1.54) is 94.9 Å². The highest BCUT2D eigenvalue weighted by Gasteiger charge is 1.98. The fourth-order valence-electron chi connectivity index (χ4n) is 3.45. The molecule has 0 aliphatic rings. The van der Waals surface area contributed by atoms with Crippen molar-refractivity contribution in [2.24, 2.45) is 20.4 Å². The van der Waals surface area contributed by atoms with Crippen LogP contribution in [0, 0.1) is 0 Å². The topological polar surface area (TPSA) is 49.4 Å². The predicted octanol–water partition coefficient (Wildman–Crippen LogP) is 9.33. The minimum absolute atomic E-state index is 1.04. The van der Waals surface area contributed by atoms with Crippen LogP contribution in [0.5, 0.6) is 0 Å². The van der Waals surface area contributed by atoms with Gasteiger partial charge in [0.05, 0.1) is 0 Å².